The van der Waals surface area contributed by atoms with E-state index in [1.807, 2.05) is 0 Å². The van der Waals surface area contributed by atoms with Crippen molar-refractivity contribution in [2.24, 2.45) is 0 Å². The van der Waals surface area contributed by atoms with Crippen LogP contribution in [-0.4, -0.2) is 48.1 Å². The minimum Gasteiger partial charge on any atom is -0.497 e. The summed E-state index contributed by atoms with van der Waals surface area (Å²) in [7, 11) is -2.66. The third kappa shape index (κ3) is 7.64. The fraction of sp³-hybridized carbons (Fsp3) is 0.357. The molecule has 0 spiro atoms. The van der Waals surface area contributed by atoms with Crippen LogP contribution in [-0.2, 0) is 34.3 Å². The quantitative estimate of drug-likeness (QED) is 0.233. The Morgan fingerprint density at radius 2 is 1.70 bits per heavy atom. The van der Waals surface area contributed by atoms with Crippen molar-refractivity contribution in [1.29, 1.82) is 0 Å². The molecule has 0 amide bonds. The predicted octanol–water partition coefficient (Wildman–Crippen LogP) is 5.22. The average molecular weight is 583 g/mol. The Kier molecular flexibility index (Phi) is 9.54. The highest BCUT2D eigenvalue weighted by atomic mass is 32.2. The van der Waals surface area contributed by atoms with E-state index in [0.29, 0.717) is 24.3 Å². The molecule has 1 heterocycles. The second-order valence-corrected chi connectivity index (χ2v) is 11.1. The molecule has 3 aromatic carbocycles. The molecular weight excluding hydrogens is 552 g/mol. The van der Waals surface area contributed by atoms with E-state index in [1.54, 1.807) is 36.4 Å². The lowest BCUT2D eigenvalue weighted by atomic mass is 10.0. The van der Waals surface area contributed by atoms with Crippen molar-refractivity contribution in [3.05, 3.63) is 83.2 Å². The normalized spacial score (nSPS) is 13.5. The number of anilines is 1. The van der Waals surface area contributed by atoms with E-state index in [0.717, 1.165) is 28.0 Å². The molecule has 4 rings (SSSR count). The van der Waals surface area contributed by atoms with Crippen LogP contribution in [0.3, 0.4) is 0 Å². The fourth-order valence-electron chi connectivity index (χ4n) is 4.26. The zero-order chi connectivity index (χ0) is 28.8. The maximum atomic E-state index is 15.4. The van der Waals surface area contributed by atoms with Crippen LogP contribution >= 0.6 is 0 Å². The predicted molar refractivity (Wildman–Crippen MR) is 142 cm³/mol. The molecule has 0 aliphatic carbocycles. The zero-order valence-corrected chi connectivity index (χ0v) is 22.7. The van der Waals surface area contributed by atoms with E-state index < -0.39 is 28.6 Å². The fourth-order valence-corrected chi connectivity index (χ4v) is 5.77. The van der Waals surface area contributed by atoms with Crippen LogP contribution in [0, 0.1) is 5.82 Å². The number of fused-ring (bicyclic) bond motifs is 1. The number of alkyl halides is 3. The lowest BCUT2D eigenvalue weighted by Crippen LogP contribution is -2.32. The Labute approximate surface area is 230 Å². The van der Waals surface area contributed by atoms with Gasteiger partial charge in [0.2, 0.25) is 0 Å². The number of benzene rings is 3. The van der Waals surface area contributed by atoms with E-state index in [1.165, 1.54) is 25.3 Å². The summed E-state index contributed by atoms with van der Waals surface area (Å²) in [5.74, 6) is -0.122. The first-order valence-corrected chi connectivity index (χ1v) is 14.1. The summed E-state index contributed by atoms with van der Waals surface area (Å²) in [5.41, 5.74) is 2.39. The third-order valence-electron chi connectivity index (χ3n) is 6.29. The molecule has 0 fully saturated rings. The molecule has 3 aromatic rings. The number of sulfonamides is 1. The number of halogens is 4. The number of rotatable bonds is 12. The molecule has 216 valence electrons. The number of nitrogens with one attached hydrogen (secondary N) is 1. The van der Waals surface area contributed by atoms with Crippen LogP contribution in [0.1, 0.15) is 23.1 Å². The van der Waals surface area contributed by atoms with Gasteiger partial charge in [-0.3, -0.25) is 4.31 Å². The van der Waals surface area contributed by atoms with Crippen molar-refractivity contribution < 1.29 is 40.2 Å². The number of nitrogens with zero attached hydrogens (tertiary/aromatic N) is 1. The number of methoxy groups -OCH3 is 1. The van der Waals surface area contributed by atoms with Gasteiger partial charge in [0.25, 0.3) is 10.0 Å². The van der Waals surface area contributed by atoms with E-state index >= 15 is 4.39 Å². The van der Waals surface area contributed by atoms with Gasteiger partial charge in [0, 0.05) is 19.0 Å². The molecule has 0 aromatic heterocycles. The third-order valence-corrected chi connectivity index (χ3v) is 8.05. The van der Waals surface area contributed by atoms with Crippen molar-refractivity contribution in [3.63, 3.8) is 0 Å². The van der Waals surface area contributed by atoms with Crippen LogP contribution in [0.15, 0.2) is 65.6 Å². The lowest BCUT2D eigenvalue weighted by Gasteiger charge is -2.26. The van der Waals surface area contributed by atoms with Gasteiger partial charge in [-0.05, 0) is 66.1 Å². The van der Waals surface area contributed by atoms with Crippen molar-refractivity contribution in [2.45, 2.75) is 37.0 Å². The highest BCUT2D eigenvalue weighted by Crippen LogP contribution is 2.32. The molecule has 1 aliphatic heterocycles. The highest BCUT2D eigenvalue weighted by Gasteiger charge is 2.29. The molecule has 0 saturated heterocycles. The second kappa shape index (κ2) is 12.9. The Balaban J connectivity index is 1.56. The average Bonchev–Trinajstić information content (AvgIpc) is 2.93. The minimum atomic E-state index is -4.41. The molecule has 12 heteroatoms. The van der Waals surface area contributed by atoms with Gasteiger partial charge in [0.1, 0.15) is 18.1 Å². The summed E-state index contributed by atoms with van der Waals surface area (Å²) in [6.45, 7) is -0.291. The number of hydrogen-bond acceptors (Lipinski definition) is 6. The van der Waals surface area contributed by atoms with Gasteiger partial charge in [-0.1, -0.05) is 18.2 Å². The monoisotopic (exact) mass is 582 g/mol. The largest absolute Gasteiger partial charge is 0.497 e. The topological polar surface area (TPSA) is 77.1 Å². The van der Waals surface area contributed by atoms with Crippen LogP contribution in [0.25, 0.3) is 0 Å². The molecule has 0 unspecified atom stereocenters. The summed E-state index contributed by atoms with van der Waals surface area (Å²) in [6.07, 6.45) is -3.57. The SMILES string of the molecule is COc1ccc(CN(c2ccc(OCCCOCC(F)(F)F)cc2F)S(=O)(=O)c2ccc3c(c2)CCNC3)cc1. The lowest BCUT2D eigenvalue weighted by molar-refractivity contribution is -0.174. The number of ether oxygens (including phenoxy) is 3. The Morgan fingerprint density at radius 3 is 2.40 bits per heavy atom. The Morgan fingerprint density at radius 1 is 0.950 bits per heavy atom. The zero-order valence-electron chi connectivity index (χ0n) is 21.8. The molecule has 7 nitrogen and oxygen atoms in total. The first-order chi connectivity index (χ1) is 19.1. The number of hydrogen-bond donors (Lipinski definition) is 1. The van der Waals surface area contributed by atoms with Crippen LogP contribution in [0.5, 0.6) is 11.5 Å². The molecule has 0 saturated carbocycles. The first-order valence-electron chi connectivity index (χ1n) is 12.6. The molecule has 1 aliphatic rings. The van der Waals surface area contributed by atoms with Gasteiger partial charge in [0.15, 0.2) is 5.82 Å². The van der Waals surface area contributed by atoms with Crippen molar-refractivity contribution in [2.75, 3.05) is 37.8 Å². The standard InChI is InChI=1S/C28H30F4N2O5S/c1-37-23-6-3-20(4-7-23)18-34(40(35,36)25-9-5-22-17-33-12-11-21(22)15-25)27-10-8-24(16-26(27)29)39-14-2-13-38-19-28(30,31)32/h3-10,15-16,33H,2,11-14,17-19H2,1H3. The van der Waals surface area contributed by atoms with Crippen LogP contribution in [0.4, 0.5) is 23.2 Å². The maximum absolute atomic E-state index is 15.4. The second-order valence-electron chi connectivity index (χ2n) is 9.20. The van der Waals surface area contributed by atoms with Crippen molar-refractivity contribution in [3.8, 4) is 11.5 Å². The smallest absolute Gasteiger partial charge is 0.411 e. The van der Waals surface area contributed by atoms with Gasteiger partial charge in [-0.25, -0.2) is 12.8 Å². The van der Waals surface area contributed by atoms with Gasteiger partial charge in [-0.2, -0.15) is 13.2 Å². The van der Waals surface area contributed by atoms with Crippen molar-refractivity contribution in [1.82, 2.24) is 5.32 Å². The Bertz CT molecular complexity index is 1400. The van der Waals surface area contributed by atoms with Gasteiger partial charge >= 0.3 is 6.18 Å². The van der Waals surface area contributed by atoms with Gasteiger partial charge in [-0.15, -0.1) is 0 Å². The molecule has 1 N–H and O–H groups in total. The van der Waals surface area contributed by atoms with Crippen molar-refractivity contribution >= 4 is 15.7 Å². The molecule has 0 radical (unpaired) electrons. The summed E-state index contributed by atoms with van der Waals surface area (Å²) >= 11 is 0. The molecule has 0 bridgehead atoms. The van der Waals surface area contributed by atoms with Gasteiger partial charge < -0.3 is 19.5 Å². The minimum absolute atomic E-state index is 0.00547. The highest BCUT2D eigenvalue weighted by molar-refractivity contribution is 7.92. The molecular formula is C28H30F4N2O5S. The van der Waals surface area contributed by atoms with Gasteiger partial charge in [0.05, 0.1) is 37.5 Å². The van der Waals surface area contributed by atoms with Crippen LogP contribution < -0.4 is 19.1 Å². The summed E-state index contributed by atoms with van der Waals surface area (Å²) in [6, 6.07) is 15.5. The van der Waals surface area contributed by atoms with Crippen LogP contribution in [0.2, 0.25) is 0 Å². The summed E-state index contributed by atoms with van der Waals surface area (Å²) in [4.78, 5) is 0.0558. The summed E-state index contributed by atoms with van der Waals surface area (Å²) in [5, 5.41) is 3.25. The molecule has 40 heavy (non-hydrogen) atoms. The first kappa shape index (κ1) is 29.6. The van der Waals surface area contributed by atoms with E-state index in [2.05, 4.69) is 10.1 Å². The maximum Gasteiger partial charge on any atom is 0.411 e. The van der Waals surface area contributed by atoms with E-state index in [9.17, 15) is 21.6 Å². The Hall–Kier alpha value is -3.35. The van der Waals surface area contributed by atoms with E-state index in [4.69, 9.17) is 9.47 Å². The van der Waals surface area contributed by atoms with E-state index in [-0.39, 0.29) is 42.5 Å². The summed E-state index contributed by atoms with van der Waals surface area (Å²) < 4.78 is 95.9. The molecule has 0 atom stereocenters.